The second-order valence-electron chi connectivity index (χ2n) is 3.52. The van der Waals surface area contributed by atoms with Crippen LogP contribution in [0.5, 0.6) is 0 Å². The fourth-order valence-electron chi connectivity index (χ4n) is 1.06. The lowest BCUT2D eigenvalue weighted by molar-refractivity contribution is -0.137. The van der Waals surface area contributed by atoms with E-state index in [1.165, 1.54) is 25.7 Å². The van der Waals surface area contributed by atoms with Gasteiger partial charge in [0.05, 0.1) is 13.2 Å². The number of aliphatic carboxylic acids is 1. The Labute approximate surface area is 86.5 Å². The summed E-state index contributed by atoms with van der Waals surface area (Å²) in [5.41, 5.74) is 0. The normalized spacial score (nSPS) is 12.9. The van der Waals surface area contributed by atoms with Crippen LogP contribution in [0.15, 0.2) is 0 Å². The molecule has 1 fully saturated rings. The monoisotopic (exact) mass is 202 g/mol. The number of ether oxygens (including phenoxy) is 1. The van der Waals surface area contributed by atoms with E-state index < -0.39 is 5.97 Å². The molecule has 0 bridgehead atoms. The lowest BCUT2D eigenvalue weighted by Gasteiger charge is -1.97. The maximum Gasteiger partial charge on any atom is 0.303 e. The Bertz CT molecular complexity index is 130. The summed E-state index contributed by atoms with van der Waals surface area (Å²) >= 11 is 0. The molecule has 0 unspecified atom stereocenters. The van der Waals surface area contributed by atoms with Gasteiger partial charge in [0, 0.05) is 6.42 Å². The molecule has 0 radical (unpaired) electrons. The van der Waals surface area contributed by atoms with Crippen LogP contribution in [0, 0.1) is 0 Å². The molecular weight excluding hydrogens is 180 g/mol. The van der Waals surface area contributed by atoms with Crippen molar-refractivity contribution in [1.82, 2.24) is 0 Å². The number of carboxylic acid groups (broad SMARTS) is 1. The lowest BCUT2D eigenvalue weighted by atomic mass is 10.1. The van der Waals surface area contributed by atoms with Crippen LogP contribution in [0.4, 0.5) is 0 Å². The molecule has 3 heteroatoms. The van der Waals surface area contributed by atoms with Crippen LogP contribution in [0.2, 0.25) is 0 Å². The first-order valence-electron chi connectivity index (χ1n) is 5.57. The predicted molar refractivity (Wildman–Crippen MR) is 56.4 cm³/mol. The Kier molecular flexibility index (Phi) is 10.1. The summed E-state index contributed by atoms with van der Waals surface area (Å²) in [4.78, 5) is 10.1. The summed E-state index contributed by atoms with van der Waals surface area (Å²) in [6, 6.07) is 0. The Morgan fingerprint density at radius 1 is 1.14 bits per heavy atom. The van der Waals surface area contributed by atoms with Gasteiger partial charge in [-0.3, -0.25) is 4.79 Å². The molecule has 0 saturated carbocycles. The first-order valence-corrected chi connectivity index (χ1v) is 5.57. The van der Waals surface area contributed by atoms with Crippen molar-refractivity contribution < 1.29 is 14.6 Å². The highest BCUT2D eigenvalue weighted by Gasteiger charge is 1.95. The summed E-state index contributed by atoms with van der Waals surface area (Å²) in [5, 5.41) is 8.32. The third kappa shape index (κ3) is 17.5. The first-order chi connectivity index (χ1) is 6.77. The number of hydrogen-bond acceptors (Lipinski definition) is 2. The number of epoxide rings is 1. The van der Waals surface area contributed by atoms with Crippen LogP contribution in [0.1, 0.15) is 51.9 Å². The summed E-state index contributed by atoms with van der Waals surface area (Å²) < 4.78 is 4.50. The molecule has 1 heterocycles. The van der Waals surface area contributed by atoms with Crippen molar-refractivity contribution in [3.63, 3.8) is 0 Å². The van der Waals surface area contributed by atoms with E-state index in [4.69, 9.17) is 5.11 Å². The van der Waals surface area contributed by atoms with Crippen molar-refractivity contribution in [1.29, 1.82) is 0 Å². The van der Waals surface area contributed by atoms with E-state index >= 15 is 0 Å². The number of rotatable bonds is 7. The highest BCUT2D eigenvalue weighted by atomic mass is 16.6. The quantitative estimate of drug-likeness (QED) is 0.510. The molecular formula is C11H22O3. The van der Waals surface area contributed by atoms with E-state index in [0.717, 1.165) is 26.1 Å². The van der Waals surface area contributed by atoms with Gasteiger partial charge in [0.2, 0.25) is 0 Å². The largest absolute Gasteiger partial charge is 0.481 e. The highest BCUT2D eigenvalue weighted by Crippen LogP contribution is 2.06. The minimum absolute atomic E-state index is 0.339. The second-order valence-corrected chi connectivity index (χ2v) is 3.52. The van der Waals surface area contributed by atoms with E-state index in [0.29, 0.717) is 6.42 Å². The van der Waals surface area contributed by atoms with Crippen LogP contribution >= 0.6 is 0 Å². The van der Waals surface area contributed by atoms with Gasteiger partial charge in [-0.05, 0) is 6.42 Å². The zero-order valence-corrected chi connectivity index (χ0v) is 9.13. The minimum Gasteiger partial charge on any atom is -0.481 e. The third-order valence-electron chi connectivity index (χ3n) is 1.95. The van der Waals surface area contributed by atoms with Crippen LogP contribution in [0.25, 0.3) is 0 Å². The van der Waals surface area contributed by atoms with Gasteiger partial charge >= 0.3 is 5.97 Å². The molecule has 84 valence electrons. The smallest absolute Gasteiger partial charge is 0.303 e. The SMILES string of the molecule is C1CO1.CCCCCCCCC(=O)O. The van der Waals surface area contributed by atoms with E-state index in [-0.39, 0.29) is 0 Å². The predicted octanol–water partition coefficient (Wildman–Crippen LogP) is 2.84. The summed E-state index contributed by atoms with van der Waals surface area (Å²) in [6.45, 7) is 4.18. The van der Waals surface area contributed by atoms with Crippen LogP contribution < -0.4 is 0 Å². The number of hydrogen-bond donors (Lipinski definition) is 1. The fourth-order valence-corrected chi connectivity index (χ4v) is 1.06. The number of unbranched alkanes of at least 4 members (excludes halogenated alkanes) is 5. The number of carboxylic acids is 1. The third-order valence-corrected chi connectivity index (χ3v) is 1.95. The molecule has 1 aliphatic heterocycles. The molecule has 0 atom stereocenters. The minimum atomic E-state index is -0.666. The molecule has 1 rings (SSSR count). The zero-order chi connectivity index (χ0) is 10.6. The van der Waals surface area contributed by atoms with Gasteiger partial charge in [-0.1, -0.05) is 39.0 Å². The Hall–Kier alpha value is -0.570. The van der Waals surface area contributed by atoms with Crippen molar-refractivity contribution in [2.75, 3.05) is 13.2 Å². The standard InChI is InChI=1S/C9H18O2.C2H4O/c1-2-3-4-5-6-7-8-9(10)11;1-2-3-1/h2-8H2,1H3,(H,10,11);1-2H2. The van der Waals surface area contributed by atoms with Crippen molar-refractivity contribution in [3.05, 3.63) is 0 Å². The summed E-state index contributed by atoms with van der Waals surface area (Å²) in [6.07, 6.45) is 7.25. The second kappa shape index (κ2) is 10.5. The van der Waals surface area contributed by atoms with Gasteiger partial charge < -0.3 is 9.84 Å². The van der Waals surface area contributed by atoms with E-state index in [1.807, 2.05) is 0 Å². The van der Waals surface area contributed by atoms with Gasteiger partial charge in [0.15, 0.2) is 0 Å². The molecule has 0 spiro atoms. The molecule has 0 amide bonds. The molecule has 1 aliphatic rings. The maximum atomic E-state index is 10.1. The topological polar surface area (TPSA) is 49.8 Å². The molecule has 0 aliphatic carbocycles. The molecule has 14 heavy (non-hydrogen) atoms. The highest BCUT2D eigenvalue weighted by molar-refractivity contribution is 5.66. The summed E-state index contributed by atoms with van der Waals surface area (Å²) in [5.74, 6) is -0.666. The molecule has 0 aromatic carbocycles. The Balaban J connectivity index is 0.000000469. The zero-order valence-electron chi connectivity index (χ0n) is 9.13. The fraction of sp³-hybridized carbons (Fsp3) is 0.909. The van der Waals surface area contributed by atoms with Crippen molar-refractivity contribution in [3.8, 4) is 0 Å². The molecule has 0 aromatic heterocycles. The molecule has 3 nitrogen and oxygen atoms in total. The molecule has 1 N–H and O–H groups in total. The van der Waals surface area contributed by atoms with Gasteiger partial charge in [0.1, 0.15) is 0 Å². The lowest BCUT2D eigenvalue weighted by Crippen LogP contribution is -1.93. The van der Waals surface area contributed by atoms with Crippen LogP contribution in [0.3, 0.4) is 0 Å². The van der Waals surface area contributed by atoms with Crippen LogP contribution in [-0.2, 0) is 9.53 Å². The van der Waals surface area contributed by atoms with Crippen LogP contribution in [-0.4, -0.2) is 24.3 Å². The molecule has 0 aromatic rings. The van der Waals surface area contributed by atoms with Crippen molar-refractivity contribution in [2.24, 2.45) is 0 Å². The van der Waals surface area contributed by atoms with E-state index in [2.05, 4.69) is 11.7 Å². The number of carbonyl (C=O) groups is 1. The first kappa shape index (κ1) is 13.4. The van der Waals surface area contributed by atoms with Crippen molar-refractivity contribution >= 4 is 5.97 Å². The van der Waals surface area contributed by atoms with Gasteiger partial charge in [-0.15, -0.1) is 0 Å². The Morgan fingerprint density at radius 3 is 2.07 bits per heavy atom. The maximum absolute atomic E-state index is 10.1. The van der Waals surface area contributed by atoms with Gasteiger partial charge in [-0.2, -0.15) is 0 Å². The van der Waals surface area contributed by atoms with E-state index in [9.17, 15) is 4.79 Å². The Morgan fingerprint density at radius 2 is 1.64 bits per heavy atom. The van der Waals surface area contributed by atoms with Gasteiger partial charge in [-0.25, -0.2) is 0 Å². The average molecular weight is 202 g/mol. The average Bonchev–Trinajstić information content (AvgIpc) is 2.97. The summed E-state index contributed by atoms with van der Waals surface area (Å²) in [7, 11) is 0. The van der Waals surface area contributed by atoms with Crippen molar-refractivity contribution in [2.45, 2.75) is 51.9 Å². The van der Waals surface area contributed by atoms with E-state index in [1.54, 1.807) is 0 Å². The van der Waals surface area contributed by atoms with Gasteiger partial charge in [0.25, 0.3) is 0 Å². The molecule has 1 saturated heterocycles.